The van der Waals surface area contributed by atoms with Gasteiger partial charge in [-0.05, 0) is 45.4 Å². The van der Waals surface area contributed by atoms with Gasteiger partial charge in [-0.2, -0.15) is 0 Å². The number of nitrogens with zero attached hydrogens (tertiary/aromatic N) is 1. The minimum Gasteiger partial charge on any atom is -0.490 e. The molecule has 1 aliphatic heterocycles. The van der Waals surface area contributed by atoms with Crippen molar-refractivity contribution in [3.05, 3.63) is 65.7 Å². The van der Waals surface area contributed by atoms with Gasteiger partial charge >= 0.3 is 6.09 Å². The fraction of sp³-hybridized carbons (Fsp3) is 0.481. The molecule has 1 saturated carbocycles. The SMILES string of the molecule is Cc1ccc(O[C@H]2C[C@H](NC(=O)[C@@H]3CN(C(=O)OC(C)(C)C)C[C@H]3c3ccccc3)C2)cc1. The molecule has 1 N–H and O–H groups in total. The smallest absolute Gasteiger partial charge is 0.410 e. The number of nitrogens with one attached hydrogen (secondary N) is 1. The maximum atomic E-state index is 13.3. The van der Waals surface area contributed by atoms with Gasteiger partial charge in [0, 0.05) is 37.9 Å². The van der Waals surface area contributed by atoms with Crippen LogP contribution in [0.3, 0.4) is 0 Å². The summed E-state index contributed by atoms with van der Waals surface area (Å²) >= 11 is 0. The van der Waals surface area contributed by atoms with Gasteiger partial charge in [0.05, 0.1) is 5.92 Å². The minimum absolute atomic E-state index is 0.00584. The quantitative estimate of drug-likeness (QED) is 0.719. The van der Waals surface area contributed by atoms with Crippen LogP contribution in [-0.4, -0.2) is 47.7 Å². The summed E-state index contributed by atoms with van der Waals surface area (Å²) in [6.07, 6.45) is 1.33. The average molecular weight is 451 g/mol. The molecule has 2 aromatic rings. The lowest BCUT2D eigenvalue weighted by molar-refractivity contribution is -0.126. The fourth-order valence-corrected chi connectivity index (χ4v) is 4.48. The first kappa shape index (κ1) is 23.1. The Morgan fingerprint density at radius 2 is 1.64 bits per heavy atom. The number of ether oxygens (including phenoxy) is 2. The lowest BCUT2D eigenvalue weighted by atomic mass is 9.85. The zero-order valence-corrected chi connectivity index (χ0v) is 19.9. The molecule has 2 amide bonds. The normalized spacial score (nSPS) is 24.7. The van der Waals surface area contributed by atoms with Gasteiger partial charge in [-0.3, -0.25) is 4.79 Å². The van der Waals surface area contributed by atoms with E-state index in [0.717, 1.165) is 24.2 Å². The standard InChI is InChI=1S/C27H34N2O4/c1-18-10-12-21(13-11-18)32-22-14-20(15-22)28-25(30)24-17-29(26(31)33-27(2,3)4)16-23(24)19-8-6-5-7-9-19/h5-13,20,22-24H,14-17H2,1-4H3,(H,28,30)/t20-,22-,23-,24+/m0/s1. The van der Waals surface area contributed by atoms with Gasteiger partial charge in [0.1, 0.15) is 17.5 Å². The highest BCUT2D eigenvalue weighted by Gasteiger charge is 2.43. The topological polar surface area (TPSA) is 67.9 Å². The van der Waals surface area contributed by atoms with E-state index < -0.39 is 5.60 Å². The highest BCUT2D eigenvalue weighted by molar-refractivity contribution is 5.82. The number of hydrogen-bond donors (Lipinski definition) is 1. The Morgan fingerprint density at radius 3 is 2.27 bits per heavy atom. The maximum absolute atomic E-state index is 13.3. The van der Waals surface area contributed by atoms with Crippen LogP contribution >= 0.6 is 0 Å². The first-order valence-electron chi connectivity index (χ1n) is 11.7. The van der Waals surface area contributed by atoms with Gasteiger partial charge in [-0.1, -0.05) is 48.0 Å². The molecule has 6 heteroatoms. The number of benzene rings is 2. The second kappa shape index (κ2) is 9.46. The van der Waals surface area contributed by atoms with Crippen LogP contribution in [0.1, 0.15) is 50.7 Å². The number of amides is 2. The van der Waals surface area contributed by atoms with E-state index in [1.165, 1.54) is 5.56 Å². The first-order valence-corrected chi connectivity index (χ1v) is 11.7. The zero-order valence-electron chi connectivity index (χ0n) is 19.9. The van der Waals surface area contributed by atoms with Crippen LogP contribution in [0.2, 0.25) is 0 Å². The van der Waals surface area contributed by atoms with Gasteiger partial charge < -0.3 is 19.7 Å². The number of aryl methyl sites for hydroxylation is 1. The van der Waals surface area contributed by atoms with Crippen molar-refractivity contribution in [3.63, 3.8) is 0 Å². The molecule has 176 valence electrons. The minimum atomic E-state index is -0.571. The summed E-state index contributed by atoms with van der Waals surface area (Å²) in [7, 11) is 0. The van der Waals surface area contributed by atoms with Gasteiger partial charge in [0.2, 0.25) is 5.91 Å². The van der Waals surface area contributed by atoms with E-state index in [4.69, 9.17) is 9.47 Å². The van der Waals surface area contributed by atoms with Crippen LogP contribution in [0.15, 0.2) is 54.6 Å². The molecule has 0 unspecified atom stereocenters. The Labute approximate surface area is 196 Å². The molecular weight excluding hydrogens is 416 g/mol. The molecule has 2 aromatic carbocycles. The summed E-state index contributed by atoms with van der Waals surface area (Å²) in [6, 6.07) is 18.1. The van der Waals surface area contributed by atoms with E-state index in [-0.39, 0.29) is 36.0 Å². The monoisotopic (exact) mass is 450 g/mol. The predicted molar refractivity (Wildman–Crippen MR) is 127 cm³/mol. The Balaban J connectivity index is 1.36. The molecule has 0 spiro atoms. The van der Waals surface area contributed by atoms with Crippen molar-refractivity contribution in [2.75, 3.05) is 13.1 Å². The maximum Gasteiger partial charge on any atom is 0.410 e. The lowest BCUT2D eigenvalue weighted by Crippen LogP contribution is -2.51. The second-order valence-corrected chi connectivity index (χ2v) is 10.2. The Kier molecular flexibility index (Phi) is 6.63. The van der Waals surface area contributed by atoms with Crippen molar-refractivity contribution in [1.82, 2.24) is 10.2 Å². The Hall–Kier alpha value is -3.02. The van der Waals surface area contributed by atoms with E-state index in [0.29, 0.717) is 13.1 Å². The summed E-state index contributed by atoms with van der Waals surface area (Å²) < 4.78 is 11.6. The predicted octanol–water partition coefficient (Wildman–Crippen LogP) is 4.67. The van der Waals surface area contributed by atoms with Crippen LogP contribution in [0.4, 0.5) is 4.79 Å². The zero-order chi connectivity index (χ0) is 23.6. The molecule has 6 nitrogen and oxygen atoms in total. The number of likely N-dealkylation sites (tertiary alicyclic amines) is 1. The summed E-state index contributed by atoms with van der Waals surface area (Å²) in [5.41, 5.74) is 1.70. The first-order chi connectivity index (χ1) is 15.7. The molecule has 2 aliphatic rings. The molecule has 2 atom stereocenters. The van der Waals surface area contributed by atoms with Crippen molar-refractivity contribution in [2.24, 2.45) is 5.92 Å². The van der Waals surface area contributed by atoms with Crippen molar-refractivity contribution in [1.29, 1.82) is 0 Å². The molecular formula is C27H34N2O4. The van der Waals surface area contributed by atoms with E-state index >= 15 is 0 Å². The van der Waals surface area contributed by atoms with E-state index in [1.54, 1.807) is 4.90 Å². The summed E-state index contributed by atoms with van der Waals surface area (Å²) in [5.74, 6) is 0.493. The van der Waals surface area contributed by atoms with Crippen LogP contribution in [0.5, 0.6) is 5.75 Å². The van der Waals surface area contributed by atoms with Crippen LogP contribution < -0.4 is 10.1 Å². The molecule has 1 aliphatic carbocycles. The Bertz CT molecular complexity index is 962. The van der Waals surface area contributed by atoms with Crippen LogP contribution in [-0.2, 0) is 9.53 Å². The second-order valence-electron chi connectivity index (χ2n) is 10.2. The van der Waals surface area contributed by atoms with Gasteiger partial charge in [-0.25, -0.2) is 4.79 Å². The largest absolute Gasteiger partial charge is 0.490 e. The molecule has 1 heterocycles. The average Bonchev–Trinajstić information content (AvgIpc) is 3.19. The summed E-state index contributed by atoms with van der Waals surface area (Å²) in [4.78, 5) is 27.6. The summed E-state index contributed by atoms with van der Waals surface area (Å²) in [5, 5.41) is 3.19. The van der Waals surface area contributed by atoms with Crippen molar-refractivity contribution in [2.45, 2.75) is 64.2 Å². The molecule has 0 aromatic heterocycles. The van der Waals surface area contributed by atoms with Gasteiger partial charge in [0.25, 0.3) is 0 Å². The van der Waals surface area contributed by atoms with Crippen molar-refractivity contribution < 1.29 is 19.1 Å². The number of rotatable bonds is 5. The van der Waals surface area contributed by atoms with E-state index in [1.807, 2.05) is 82.3 Å². The van der Waals surface area contributed by atoms with Gasteiger partial charge in [-0.15, -0.1) is 0 Å². The molecule has 0 radical (unpaired) electrons. The van der Waals surface area contributed by atoms with Gasteiger partial charge in [0.15, 0.2) is 0 Å². The van der Waals surface area contributed by atoms with E-state index in [9.17, 15) is 9.59 Å². The molecule has 2 fully saturated rings. The highest BCUT2D eigenvalue weighted by atomic mass is 16.6. The number of hydrogen-bond acceptors (Lipinski definition) is 4. The molecule has 33 heavy (non-hydrogen) atoms. The molecule has 4 rings (SSSR count). The third-order valence-corrected chi connectivity index (χ3v) is 6.30. The highest BCUT2D eigenvalue weighted by Crippen LogP contribution is 2.35. The van der Waals surface area contributed by atoms with Crippen molar-refractivity contribution in [3.8, 4) is 5.75 Å². The van der Waals surface area contributed by atoms with Crippen molar-refractivity contribution >= 4 is 12.0 Å². The third-order valence-electron chi connectivity index (χ3n) is 6.30. The number of carbonyl (C=O) groups excluding carboxylic acids is 2. The Morgan fingerprint density at radius 1 is 0.970 bits per heavy atom. The van der Waals surface area contributed by atoms with Crippen LogP contribution in [0, 0.1) is 12.8 Å². The lowest BCUT2D eigenvalue weighted by Gasteiger charge is -2.36. The van der Waals surface area contributed by atoms with Crippen LogP contribution in [0.25, 0.3) is 0 Å². The summed E-state index contributed by atoms with van der Waals surface area (Å²) in [6.45, 7) is 8.44. The van der Waals surface area contributed by atoms with E-state index in [2.05, 4.69) is 5.32 Å². The molecule has 0 bridgehead atoms. The molecule has 1 saturated heterocycles. The number of carbonyl (C=O) groups is 2. The third kappa shape index (κ3) is 5.86. The fourth-order valence-electron chi connectivity index (χ4n) is 4.48.